The average molecular weight is 527 g/mol. The third kappa shape index (κ3) is 6.99. The summed E-state index contributed by atoms with van der Waals surface area (Å²) in [7, 11) is 0. The van der Waals surface area contributed by atoms with Crippen molar-refractivity contribution in [3.63, 3.8) is 0 Å². The first-order chi connectivity index (χ1) is 17.7. The Bertz CT molecular complexity index is 1220. The molecule has 0 aliphatic heterocycles. The topological polar surface area (TPSA) is 37.9 Å². The molecule has 0 aliphatic rings. The summed E-state index contributed by atoms with van der Waals surface area (Å²) in [6.07, 6.45) is 0. The molecule has 0 unspecified atom stereocenters. The maximum absolute atomic E-state index is 6.39. The van der Waals surface area contributed by atoms with E-state index in [9.17, 15) is 0 Å². The highest BCUT2D eigenvalue weighted by Gasteiger charge is 2.27. The lowest BCUT2D eigenvalue weighted by Crippen LogP contribution is -2.17. The molecule has 0 fully saturated rings. The fourth-order valence-electron chi connectivity index (χ4n) is 4.92. The number of para-hydroxylation sites is 2. The van der Waals surface area contributed by atoms with Crippen molar-refractivity contribution in [1.82, 2.24) is 0 Å². The van der Waals surface area contributed by atoms with Crippen molar-refractivity contribution < 1.29 is 4.42 Å². The summed E-state index contributed by atoms with van der Waals surface area (Å²) in [5.74, 6) is 1.53. The Hall–Kier alpha value is -2.94. The van der Waals surface area contributed by atoms with E-state index in [-0.39, 0.29) is 21.7 Å². The summed E-state index contributed by atoms with van der Waals surface area (Å²) in [6, 6.07) is 17.1. The van der Waals surface area contributed by atoms with Gasteiger partial charge in [-0.2, -0.15) is 0 Å². The van der Waals surface area contributed by atoms with Crippen LogP contribution in [0.1, 0.15) is 131 Å². The van der Waals surface area contributed by atoms with Crippen LogP contribution in [0.5, 0.6) is 0 Å². The molecule has 3 heteroatoms. The van der Waals surface area contributed by atoms with Crippen LogP contribution in [0, 0.1) is 0 Å². The van der Waals surface area contributed by atoms with Crippen LogP contribution >= 0.6 is 0 Å². The van der Waals surface area contributed by atoms with Crippen molar-refractivity contribution in [2.75, 3.05) is 0 Å². The molecule has 210 valence electrons. The van der Waals surface area contributed by atoms with Crippen molar-refractivity contribution >= 4 is 22.8 Å². The van der Waals surface area contributed by atoms with E-state index in [4.69, 9.17) is 14.4 Å². The Morgan fingerprint density at radius 1 is 0.462 bits per heavy atom. The predicted molar refractivity (Wildman–Crippen MR) is 170 cm³/mol. The Labute approximate surface area is 237 Å². The van der Waals surface area contributed by atoms with E-state index < -0.39 is 0 Å². The van der Waals surface area contributed by atoms with Gasteiger partial charge in [0.1, 0.15) is 11.5 Å². The van der Waals surface area contributed by atoms with Gasteiger partial charge in [0.25, 0.3) is 0 Å². The van der Waals surface area contributed by atoms with E-state index in [1.165, 1.54) is 22.3 Å². The number of aliphatic imine (C=N–C) groups is 2. The van der Waals surface area contributed by atoms with E-state index in [1.807, 2.05) is 26.0 Å². The fourth-order valence-corrected chi connectivity index (χ4v) is 4.92. The lowest BCUT2D eigenvalue weighted by Gasteiger charge is -2.28. The molecule has 0 atom stereocenters. The van der Waals surface area contributed by atoms with Crippen molar-refractivity contribution in [3.05, 3.63) is 82.3 Å². The Balaban J connectivity index is 2.12. The van der Waals surface area contributed by atoms with Gasteiger partial charge in [-0.05, 0) is 69.9 Å². The van der Waals surface area contributed by atoms with E-state index in [0.29, 0.717) is 0 Å². The first-order valence-corrected chi connectivity index (χ1v) is 14.2. The lowest BCUT2D eigenvalue weighted by atomic mass is 9.79. The summed E-state index contributed by atoms with van der Waals surface area (Å²) < 4.78 is 6.39. The summed E-state index contributed by atoms with van der Waals surface area (Å²) >= 11 is 0. The van der Waals surface area contributed by atoms with Gasteiger partial charge >= 0.3 is 0 Å². The Morgan fingerprint density at radius 3 is 0.949 bits per heavy atom. The lowest BCUT2D eigenvalue weighted by molar-refractivity contribution is 0.546. The van der Waals surface area contributed by atoms with E-state index in [0.717, 1.165) is 34.3 Å². The molecule has 39 heavy (non-hydrogen) atoms. The first kappa shape index (κ1) is 30.6. The standard InChI is InChI=1S/C36H50N2O/c1-23(37-31-25(33(3,4)5)17-15-18-26(31)34(6,7)8)29-21-22-30(39-29)24(2)38-32-27(35(9,10)11)19-16-20-28(32)36(12,13)14/h15-22H,1-14H3. The summed E-state index contributed by atoms with van der Waals surface area (Å²) in [4.78, 5) is 10.4. The molecular formula is C36H50N2O. The molecule has 3 nitrogen and oxygen atoms in total. The van der Waals surface area contributed by atoms with Gasteiger partial charge in [-0.15, -0.1) is 0 Å². The minimum Gasteiger partial charge on any atom is -0.454 e. The van der Waals surface area contributed by atoms with Gasteiger partial charge in [-0.1, -0.05) is 119 Å². The zero-order valence-electron chi connectivity index (χ0n) is 26.9. The molecule has 0 N–H and O–H groups in total. The molecule has 0 aliphatic carbocycles. The third-order valence-corrected chi connectivity index (χ3v) is 7.18. The van der Waals surface area contributed by atoms with Crippen LogP contribution in [0.4, 0.5) is 11.4 Å². The first-order valence-electron chi connectivity index (χ1n) is 14.2. The molecule has 3 aromatic rings. The number of hydrogen-bond donors (Lipinski definition) is 0. The maximum atomic E-state index is 6.39. The van der Waals surface area contributed by atoms with Crippen LogP contribution in [-0.2, 0) is 21.7 Å². The third-order valence-electron chi connectivity index (χ3n) is 7.18. The summed E-state index contributed by atoms with van der Waals surface area (Å²) in [5.41, 5.74) is 8.70. The fraction of sp³-hybridized carbons (Fsp3) is 0.500. The van der Waals surface area contributed by atoms with Gasteiger partial charge in [0.15, 0.2) is 0 Å². The molecular weight excluding hydrogens is 476 g/mol. The quantitative estimate of drug-likeness (QED) is 0.311. The van der Waals surface area contributed by atoms with E-state index in [2.05, 4.69) is 119 Å². The summed E-state index contributed by atoms with van der Waals surface area (Å²) in [5, 5.41) is 0. The van der Waals surface area contributed by atoms with Crippen LogP contribution < -0.4 is 0 Å². The highest BCUT2D eigenvalue weighted by atomic mass is 16.3. The van der Waals surface area contributed by atoms with Crippen molar-refractivity contribution in [3.8, 4) is 0 Å². The second kappa shape index (κ2) is 10.6. The van der Waals surface area contributed by atoms with Gasteiger partial charge in [0, 0.05) is 0 Å². The van der Waals surface area contributed by atoms with Gasteiger partial charge in [-0.25, -0.2) is 9.98 Å². The largest absolute Gasteiger partial charge is 0.454 e. The minimum absolute atomic E-state index is 0.0247. The number of furan rings is 1. The smallest absolute Gasteiger partial charge is 0.148 e. The van der Waals surface area contributed by atoms with Crippen LogP contribution in [0.3, 0.4) is 0 Å². The number of rotatable bonds is 4. The molecule has 0 radical (unpaired) electrons. The molecule has 0 saturated heterocycles. The maximum Gasteiger partial charge on any atom is 0.148 e. The molecule has 3 rings (SSSR count). The Morgan fingerprint density at radius 2 is 0.718 bits per heavy atom. The number of hydrogen-bond acceptors (Lipinski definition) is 3. The predicted octanol–water partition coefficient (Wildman–Crippen LogP) is 10.8. The van der Waals surface area contributed by atoms with Crippen molar-refractivity contribution in [2.45, 2.75) is 119 Å². The second-order valence-corrected chi connectivity index (χ2v) is 15.0. The number of benzene rings is 2. The van der Waals surface area contributed by atoms with Gasteiger partial charge in [0.05, 0.1) is 22.8 Å². The number of nitrogens with zero attached hydrogens (tertiary/aromatic N) is 2. The second-order valence-electron chi connectivity index (χ2n) is 15.0. The van der Waals surface area contributed by atoms with Crippen molar-refractivity contribution in [2.24, 2.45) is 9.98 Å². The van der Waals surface area contributed by atoms with Crippen LogP contribution in [0.15, 0.2) is 62.9 Å². The van der Waals surface area contributed by atoms with Crippen molar-refractivity contribution in [1.29, 1.82) is 0 Å². The highest BCUT2D eigenvalue weighted by molar-refractivity contribution is 6.02. The molecule has 0 saturated carbocycles. The van der Waals surface area contributed by atoms with Crippen LogP contribution in [0.25, 0.3) is 0 Å². The van der Waals surface area contributed by atoms with Crippen LogP contribution in [0.2, 0.25) is 0 Å². The molecule has 0 bridgehead atoms. The van der Waals surface area contributed by atoms with Gasteiger partial charge in [0.2, 0.25) is 0 Å². The molecule has 1 aromatic heterocycles. The minimum atomic E-state index is -0.0247. The summed E-state index contributed by atoms with van der Waals surface area (Å²) in [6.45, 7) is 31.0. The average Bonchev–Trinajstić information content (AvgIpc) is 3.27. The normalized spacial score (nSPS) is 14.2. The molecule has 0 amide bonds. The molecule has 2 aromatic carbocycles. The zero-order chi connectivity index (χ0) is 29.6. The highest BCUT2D eigenvalue weighted by Crippen LogP contribution is 2.41. The SMILES string of the molecule is CC(=Nc1c(C(C)(C)C)cccc1C(C)(C)C)c1ccc(C(C)=Nc2c(C(C)(C)C)cccc2C(C)(C)C)o1. The molecule has 0 spiro atoms. The van der Waals surface area contributed by atoms with Crippen LogP contribution in [-0.4, -0.2) is 11.4 Å². The van der Waals surface area contributed by atoms with Gasteiger partial charge in [-0.3, -0.25) is 0 Å². The van der Waals surface area contributed by atoms with Gasteiger partial charge < -0.3 is 4.42 Å². The monoisotopic (exact) mass is 526 g/mol. The Kier molecular flexibility index (Phi) is 8.29. The molecule has 1 heterocycles. The van der Waals surface area contributed by atoms with E-state index in [1.54, 1.807) is 0 Å². The zero-order valence-corrected chi connectivity index (χ0v) is 26.9. The van der Waals surface area contributed by atoms with E-state index >= 15 is 0 Å².